The van der Waals surface area contributed by atoms with Crippen molar-refractivity contribution in [2.45, 2.75) is 50.8 Å². The van der Waals surface area contributed by atoms with Crippen LogP contribution < -0.4 is 15.4 Å². The second-order valence-corrected chi connectivity index (χ2v) is 6.75. The van der Waals surface area contributed by atoms with Crippen LogP contribution in [-0.4, -0.2) is 37.4 Å². The molecule has 2 aliphatic rings. The summed E-state index contributed by atoms with van der Waals surface area (Å²) in [6.07, 6.45) is 4.57. The summed E-state index contributed by atoms with van der Waals surface area (Å²) in [7, 11) is 0. The van der Waals surface area contributed by atoms with Gasteiger partial charge in [-0.15, -0.1) is 0 Å². The second-order valence-electron chi connectivity index (χ2n) is 6.75. The zero-order chi connectivity index (χ0) is 16.9. The molecule has 0 unspecified atom stereocenters. The van der Waals surface area contributed by atoms with Gasteiger partial charge in [-0.1, -0.05) is 0 Å². The van der Waals surface area contributed by atoms with E-state index in [1.807, 2.05) is 6.92 Å². The molecule has 0 radical (unpaired) electrons. The highest BCUT2D eigenvalue weighted by atomic mass is 19.1. The first-order valence-corrected chi connectivity index (χ1v) is 8.67. The van der Waals surface area contributed by atoms with Gasteiger partial charge in [0, 0.05) is 12.6 Å². The van der Waals surface area contributed by atoms with Gasteiger partial charge in [0.25, 0.3) is 0 Å². The van der Waals surface area contributed by atoms with Crippen LogP contribution >= 0.6 is 0 Å². The Bertz CT molecular complexity index is 548. The average Bonchev–Trinajstić information content (AvgIpc) is 3.39. The van der Waals surface area contributed by atoms with E-state index >= 15 is 0 Å². The Labute approximate surface area is 141 Å². The van der Waals surface area contributed by atoms with Crippen molar-refractivity contribution in [3.8, 4) is 5.75 Å². The van der Waals surface area contributed by atoms with E-state index < -0.39 is 0 Å². The number of rotatable bonds is 6. The van der Waals surface area contributed by atoms with Crippen LogP contribution in [0.3, 0.4) is 0 Å². The summed E-state index contributed by atoms with van der Waals surface area (Å²) in [6.45, 7) is 2.92. The highest BCUT2D eigenvalue weighted by Gasteiger charge is 2.36. The minimum absolute atomic E-state index is 0.144. The van der Waals surface area contributed by atoms with Crippen LogP contribution in [-0.2, 0) is 4.74 Å². The molecule has 1 aliphatic heterocycles. The molecule has 1 heterocycles. The van der Waals surface area contributed by atoms with E-state index in [1.54, 1.807) is 12.1 Å². The van der Waals surface area contributed by atoms with Crippen molar-refractivity contribution < 1.29 is 18.7 Å². The van der Waals surface area contributed by atoms with Crippen molar-refractivity contribution in [3.05, 3.63) is 30.1 Å². The molecule has 0 bridgehead atoms. The van der Waals surface area contributed by atoms with Crippen molar-refractivity contribution in [3.63, 3.8) is 0 Å². The Morgan fingerprint density at radius 1 is 1.33 bits per heavy atom. The van der Waals surface area contributed by atoms with Crippen LogP contribution in [0.2, 0.25) is 0 Å². The molecule has 2 N–H and O–H groups in total. The molecule has 2 fully saturated rings. The van der Waals surface area contributed by atoms with Gasteiger partial charge in [0.05, 0.1) is 12.1 Å². The third-order valence-corrected chi connectivity index (χ3v) is 4.49. The van der Waals surface area contributed by atoms with Gasteiger partial charge >= 0.3 is 6.03 Å². The number of carbonyl (C=O) groups excluding carboxylic acids is 1. The number of benzene rings is 1. The number of hydrogen-bond donors (Lipinski definition) is 2. The summed E-state index contributed by atoms with van der Waals surface area (Å²) < 4.78 is 24.1. The molecule has 6 heteroatoms. The van der Waals surface area contributed by atoms with Crippen molar-refractivity contribution in [2.24, 2.45) is 5.92 Å². The third-order valence-electron chi connectivity index (χ3n) is 4.49. The summed E-state index contributed by atoms with van der Waals surface area (Å²) in [5.41, 5.74) is 0. The molecule has 0 aromatic heterocycles. The number of nitrogens with one attached hydrogen (secondary N) is 2. The van der Waals surface area contributed by atoms with Crippen LogP contribution in [0.25, 0.3) is 0 Å². The highest BCUT2D eigenvalue weighted by Crippen LogP contribution is 2.38. The van der Waals surface area contributed by atoms with E-state index in [9.17, 15) is 9.18 Å². The first-order valence-electron chi connectivity index (χ1n) is 8.67. The predicted octanol–water partition coefficient (Wildman–Crippen LogP) is 2.85. The van der Waals surface area contributed by atoms with Crippen LogP contribution in [0, 0.1) is 11.7 Å². The topological polar surface area (TPSA) is 59.6 Å². The molecule has 24 heavy (non-hydrogen) atoms. The third kappa shape index (κ3) is 5.09. The molecule has 3 rings (SSSR count). The maximum atomic E-state index is 12.8. The number of carbonyl (C=O) groups is 1. The summed E-state index contributed by atoms with van der Waals surface area (Å²) in [6, 6.07) is 5.70. The van der Waals surface area contributed by atoms with Gasteiger partial charge < -0.3 is 20.1 Å². The molecule has 1 aromatic rings. The SMILES string of the molecule is C[C@H](COc1ccc(F)cc1)NC(=O)N[C@@H]1CCO[C@H](C2CC2)C1. The van der Waals surface area contributed by atoms with Gasteiger partial charge in [-0.25, -0.2) is 9.18 Å². The molecule has 1 aliphatic carbocycles. The predicted molar refractivity (Wildman–Crippen MR) is 88.5 cm³/mol. The fourth-order valence-corrected chi connectivity index (χ4v) is 3.00. The lowest BCUT2D eigenvalue weighted by Gasteiger charge is -2.30. The molecule has 3 atom stereocenters. The summed E-state index contributed by atoms with van der Waals surface area (Å²) in [4.78, 5) is 12.1. The van der Waals surface area contributed by atoms with Crippen LogP contribution in [0.15, 0.2) is 24.3 Å². The minimum atomic E-state index is -0.297. The Morgan fingerprint density at radius 3 is 2.79 bits per heavy atom. The zero-order valence-electron chi connectivity index (χ0n) is 14.0. The standard InChI is InChI=1S/C18H25FN2O3/c1-12(11-24-16-6-4-14(19)5-7-16)20-18(22)21-15-8-9-23-17(10-15)13-2-3-13/h4-7,12-13,15,17H,2-3,8-11H2,1H3,(H2,20,21,22)/t12-,15-,17+/m1/s1. The van der Waals surface area contributed by atoms with Crippen molar-refractivity contribution in [2.75, 3.05) is 13.2 Å². The highest BCUT2D eigenvalue weighted by molar-refractivity contribution is 5.74. The summed E-state index contributed by atoms with van der Waals surface area (Å²) >= 11 is 0. The number of urea groups is 1. The largest absolute Gasteiger partial charge is 0.491 e. The van der Waals surface area contributed by atoms with Gasteiger partial charge in [-0.2, -0.15) is 0 Å². The van der Waals surface area contributed by atoms with Gasteiger partial charge in [0.15, 0.2) is 0 Å². The van der Waals surface area contributed by atoms with E-state index in [4.69, 9.17) is 9.47 Å². The fraction of sp³-hybridized carbons (Fsp3) is 0.611. The first kappa shape index (κ1) is 17.0. The smallest absolute Gasteiger partial charge is 0.315 e. The molecule has 1 saturated carbocycles. The van der Waals surface area contributed by atoms with E-state index in [-0.39, 0.29) is 23.9 Å². The van der Waals surface area contributed by atoms with Gasteiger partial charge in [-0.3, -0.25) is 0 Å². The van der Waals surface area contributed by atoms with Crippen molar-refractivity contribution in [1.82, 2.24) is 10.6 Å². The second kappa shape index (κ2) is 7.83. The summed E-state index contributed by atoms with van der Waals surface area (Å²) in [5.74, 6) is 0.983. The molecular formula is C18H25FN2O3. The molecule has 132 valence electrons. The van der Waals surface area contributed by atoms with E-state index in [0.29, 0.717) is 24.4 Å². The normalized spacial score (nSPS) is 24.9. The van der Waals surface area contributed by atoms with Crippen molar-refractivity contribution >= 4 is 6.03 Å². The Balaban J connectivity index is 1.36. The number of ether oxygens (including phenoxy) is 2. The number of amides is 2. The lowest BCUT2D eigenvalue weighted by Crippen LogP contribution is -2.49. The molecular weight excluding hydrogens is 311 g/mol. The fourth-order valence-electron chi connectivity index (χ4n) is 3.00. The minimum Gasteiger partial charge on any atom is -0.491 e. The number of halogens is 1. The van der Waals surface area contributed by atoms with Crippen molar-refractivity contribution in [1.29, 1.82) is 0 Å². The first-order chi connectivity index (χ1) is 11.6. The van der Waals surface area contributed by atoms with E-state index in [0.717, 1.165) is 19.4 Å². The Hall–Kier alpha value is -1.82. The van der Waals surface area contributed by atoms with Gasteiger partial charge in [-0.05, 0) is 62.8 Å². The molecule has 2 amide bonds. The Morgan fingerprint density at radius 2 is 2.08 bits per heavy atom. The maximum absolute atomic E-state index is 12.8. The Kier molecular flexibility index (Phi) is 5.56. The zero-order valence-corrected chi connectivity index (χ0v) is 14.0. The summed E-state index contributed by atoms with van der Waals surface area (Å²) in [5, 5.41) is 5.91. The molecule has 0 spiro atoms. The average molecular weight is 336 g/mol. The lowest BCUT2D eigenvalue weighted by molar-refractivity contribution is -0.00919. The maximum Gasteiger partial charge on any atom is 0.315 e. The number of hydrogen-bond acceptors (Lipinski definition) is 3. The lowest BCUT2D eigenvalue weighted by atomic mass is 10.0. The van der Waals surface area contributed by atoms with Crippen LogP contribution in [0.4, 0.5) is 9.18 Å². The van der Waals surface area contributed by atoms with Gasteiger partial charge in [0.1, 0.15) is 18.2 Å². The van der Waals surface area contributed by atoms with Crippen LogP contribution in [0.1, 0.15) is 32.6 Å². The van der Waals surface area contributed by atoms with E-state index in [1.165, 1.54) is 25.0 Å². The molecule has 1 saturated heterocycles. The monoisotopic (exact) mass is 336 g/mol. The van der Waals surface area contributed by atoms with Gasteiger partial charge in [0.2, 0.25) is 0 Å². The molecule has 5 nitrogen and oxygen atoms in total. The van der Waals surface area contributed by atoms with Crippen LogP contribution in [0.5, 0.6) is 5.75 Å². The van der Waals surface area contributed by atoms with E-state index in [2.05, 4.69) is 10.6 Å². The molecule has 1 aromatic carbocycles. The quantitative estimate of drug-likeness (QED) is 0.840.